The third kappa shape index (κ3) is 3.62. The van der Waals surface area contributed by atoms with Gasteiger partial charge in [-0.1, -0.05) is 13.0 Å². The molecule has 140 valence electrons. The van der Waals surface area contributed by atoms with E-state index in [0.29, 0.717) is 5.69 Å². The maximum atomic E-state index is 12.7. The van der Waals surface area contributed by atoms with Crippen molar-refractivity contribution in [3.8, 4) is 0 Å². The van der Waals surface area contributed by atoms with Crippen LogP contribution in [0, 0.1) is 13.8 Å². The number of ether oxygens (including phenoxy) is 1. The molecule has 5 nitrogen and oxygen atoms in total. The van der Waals surface area contributed by atoms with Crippen LogP contribution in [0.25, 0.3) is 10.9 Å². The summed E-state index contributed by atoms with van der Waals surface area (Å²) < 4.78 is 5.48. The predicted octanol–water partition coefficient (Wildman–Crippen LogP) is 4.12. The van der Waals surface area contributed by atoms with Crippen LogP contribution in [-0.4, -0.2) is 40.5 Å². The number of carbonyl (C=O) groups excluding carboxylic acids is 2. The van der Waals surface area contributed by atoms with Gasteiger partial charge < -0.3 is 14.6 Å². The molecule has 1 fully saturated rings. The van der Waals surface area contributed by atoms with Crippen molar-refractivity contribution >= 4 is 22.8 Å². The molecule has 2 heterocycles. The van der Waals surface area contributed by atoms with Crippen LogP contribution in [0.1, 0.15) is 61.1 Å². The SMILES string of the molecule is CCC1CCCCN1C(=O)C(C)OC(=O)c1cc2c(C)cc(C)cc2[nH]1. The predicted molar refractivity (Wildman–Crippen MR) is 102 cm³/mol. The van der Waals surface area contributed by atoms with Crippen LogP contribution >= 0.6 is 0 Å². The maximum absolute atomic E-state index is 12.7. The highest BCUT2D eigenvalue weighted by molar-refractivity contribution is 5.97. The number of aromatic amines is 1. The number of hydrogen-bond acceptors (Lipinski definition) is 3. The Morgan fingerprint density at radius 2 is 2.04 bits per heavy atom. The largest absolute Gasteiger partial charge is 0.448 e. The Kier molecular flexibility index (Phi) is 5.35. The zero-order valence-corrected chi connectivity index (χ0v) is 16.1. The van der Waals surface area contributed by atoms with E-state index in [1.54, 1.807) is 13.0 Å². The first-order valence-electron chi connectivity index (χ1n) is 9.52. The highest BCUT2D eigenvalue weighted by Crippen LogP contribution is 2.23. The number of aryl methyl sites for hydroxylation is 2. The summed E-state index contributed by atoms with van der Waals surface area (Å²) in [5.41, 5.74) is 3.55. The van der Waals surface area contributed by atoms with Crippen LogP contribution in [0.2, 0.25) is 0 Å². The molecule has 2 unspecified atom stereocenters. The van der Waals surface area contributed by atoms with Gasteiger partial charge in [0.05, 0.1) is 0 Å². The Morgan fingerprint density at radius 3 is 2.77 bits per heavy atom. The van der Waals surface area contributed by atoms with Crippen molar-refractivity contribution in [1.29, 1.82) is 0 Å². The first-order valence-corrected chi connectivity index (χ1v) is 9.52. The monoisotopic (exact) mass is 356 g/mol. The molecule has 0 saturated carbocycles. The minimum absolute atomic E-state index is 0.0898. The molecule has 0 bridgehead atoms. The zero-order valence-electron chi connectivity index (χ0n) is 16.1. The summed E-state index contributed by atoms with van der Waals surface area (Å²) in [6, 6.07) is 6.15. The van der Waals surface area contributed by atoms with Gasteiger partial charge in [0, 0.05) is 23.5 Å². The zero-order chi connectivity index (χ0) is 18.8. The number of esters is 1. The van der Waals surface area contributed by atoms with E-state index in [1.165, 1.54) is 0 Å². The van der Waals surface area contributed by atoms with E-state index in [2.05, 4.69) is 18.0 Å². The van der Waals surface area contributed by atoms with E-state index in [-0.39, 0.29) is 11.9 Å². The van der Waals surface area contributed by atoms with E-state index >= 15 is 0 Å². The number of benzene rings is 1. The van der Waals surface area contributed by atoms with Crippen LogP contribution in [0.15, 0.2) is 18.2 Å². The van der Waals surface area contributed by atoms with Crippen LogP contribution < -0.4 is 0 Å². The molecule has 1 aromatic carbocycles. The number of hydrogen-bond donors (Lipinski definition) is 1. The third-order valence-corrected chi connectivity index (χ3v) is 5.32. The molecular weight excluding hydrogens is 328 g/mol. The lowest BCUT2D eigenvalue weighted by atomic mass is 9.99. The van der Waals surface area contributed by atoms with Crippen molar-refractivity contribution in [3.63, 3.8) is 0 Å². The van der Waals surface area contributed by atoms with Gasteiger partial charge in [-0.15, -0.1) is 0 Å². The van der Waals surface area contributed by atoms with Crippen LogP contribution in [-0.2, 0) is 9.53 Å². The van der Waals surface area contributed by atoms with E-state index in [0.717, 1.165) is 54.3 Å². The molecule has 5 heteroatoms. The molecule has 2 aromatic rings. The Balaban J connectivity index is 1.72. The Hall–Kier alpha value is -2.30. The molecule has 2 atom stereocenters. The van der Waals surface area contributed by atoms with Gasteiger partial charge in [0.1, 0.15) is 5.69 Å². The second-order valence-corrected chi connectivity index (χ2v) is 7.36. The van der Waals surface area contributed by atoms with E-state index < -0.39 is 12.1 Å². The molecule has 1 aliphatic heterocycles. The smallest absolute Gasteiger partial charge is 0.355 e. The third-order valence-electron chi connectivity index (χ3n) is 5.32. The average molecular weight is 356 g/mol. The van der Waals surface area contributed by atoms with Gasteiger partial charge in [-0.25, -0.2) is 4.79 Å². The van der Waals surface area contributed by atoms with Crippen molar-refractivity contribution in [3.05, 3.63) is 35.0 Å². The van der Waals surface area contributed by atoms with Gasteiger partial charge >= 0.3 is 5.97 Å². The summed E-state index contributed by atoms with van der Waals surface area (Å²) >= 11 is 0. The fourth-order valence-corrected chi connectivity index (χ4v) is 3.93. The first-order chi connectivity index (χ1) is 12.4. The minimum atomic E-state index is -0.774. The number of H-pyrrole nitrogens is 1. The number of nitrogens with one attached hydrogen (secondary N) is 1. The lowest BCUT2D eigenvalue weighted by molar-refractivity contribution is -0.143. The summed E-state index contributed by atoms with van der Waals surface area (Å²) in [5.74, 6) is -0.572. The number of carbonyl (C=O) groups is 2. The molecule has 0 aliphatic carbocycles. The standard InChI is InChI=1S/C21H28N2O3/c1-5-16-8-6-7-9-23(16)20(24)15(4)26-21(25)19-12-17-14(3)10-13(2)11-18(17)22-19/h10-12,15-16,22H,5-9H2,1-4H3. The topological polar surface area (TPSA) is 62.4 Å². The van der Waals surface area contributed by atoms with Crippen molar-refractivity contribution < 1.29 is 14.3 Å². The minimum Gasteiger partial charge on any atom is -0.448 e. The molecule has 0 radical (unpaired) electrons. The van der Waals surface area contributed by atoms with E-state index in [9.17, 15) is 9.59 Å². The Labute approximate surface area is 154 Å². The summed E-state index contributed by atoms with van der Waals surface area (Å²) in [6.07, 6.45) is 3.37. The van der Waals surface area contributed by atoms with Gasteiger partial charge in [-0.3, -0.25) is 4.79 Å². The fourth-order valence-electron chi connectivity index (χ4n) is 3.93. The number of piperidine rings is 1. The Morgan fingerprint density at radius 1 is 1.27 bits per heavy atom. The summed E-state index contributed by atoms with van der Waals surface area (Å²) in [6.45, 7) is 8.56. The number of nitrogens with zero attached hydrogens (tertiary/aromatic N) is 1. The van der Waals surface area contributed by atoms with Crippen LogP contribution in [0.5, 0.6) is 0 Å². The van der Waals surface area contributed by atoms with Gasteiger partial charge in [0.15, 0.2) is 6.10 Å². The number of likely N-dealkylation sites (tertiary alicyclic amines) is 1. The number of aromatic nitrogens is 1. The summed E-state index contributed by atoms with van der Waals surface area (Å²) in [4.78, 5) is 30.3. The lowest BCUT2D eigenvalue weighted by Crippen LogP contribution is -2.48. The molecular formula is C21H28N2O3. The number of amides is 1. The van der Waals surface area contributed by atoms with Crippen molar-refractivity contribution in [2.75, 3.05) is 6.54 Å². The molecule has 1 saturated heterocycles. The summed E-state index contributed by atoms with van der Waals surface area (Å²) in [5, 5.41) is 1.00. The van der Waals surface area contributed by atoms with Crippen LogP contribution in [0.4, 0.5) is 0 Å². The molecule has 0 spiro atoms. The van der Waals surface area contributed by atoms with Crippen LogP contribution in [0.3, 0.4) is 0 Å². The van der Waals surface area contributed by atoms with Gasteiger partial charge in [-0.05, 0) is 69.7 Å². The Bertz CT molecular complexity index is 824. The van der Waals surface area contributed by atoms with Gasteiger partial charge in [0.25, 0.3) is 5.91 Å². The maximum Gasteiger partial charge on any atom is 0.355 e. The van der Waals surface area contributed by atoms with E-state index in [4.69, 9.17) is 4.74 Å². The van der Waals surface area contributed by atoms with Crippen molar-refractivity contribution in [1.82, 2.24) is 9.88 Å². The normalized spacial score (nSPS) is 18.8. The lowest BCUT2D eigenvalue weighted by Gasteiger charge is -2.36. The molecule has 26 heavy (non-hydrogen) atoms. The molecule has 3 rings (SSSR count). The fraction of sp³-hybridized carbons (Fsp3) is 0.524. The average Bonchev–Trinajstić information content (AvgIpc) is 3.05. The van der Waals surface area contributed by atoms with Gasteiger partial charge in [0.2, 0.25) is 0 Å². The quantitative estimate of drug-likeness (QED) is 0.838. The molecule has 1 aliphatic rings. The van der Waals surface area contributed by atoms with Crippen molar-refractivity contribution in [2.45, 2.75) is 65.5 Å². The highest BCUT2D eigenvalue weighted by atomic mass is 16.5. The molecule has 1 N–H and O–H groups in total. The van der Waals surface area contributed by atoms with Gasteiger partial charge in [-0.2, -0.15) is 0 Å². The molecule has 1 aromatic heterocycles. The highest BCUT2D eigenvalue weighted by Gasteiger charge is 2.30. The number of fused-ring (bicyclic) bond motifs is 1. The van der Waals surface area contributed by atoms with Crippen molar-refractivity contribution in [2.24, 2.45) is 0 Å². The molecule has 1 amide bonds. The van der Waals surface area contributed by atoms with E-state index in [1.807, 2.05) is 24.8 Å². The summed E-state index contributed by atoms with van der Waals surface area (Å²) in [7, 11) is 0. The second kappa shape index (κ2) is 7.52. The second-order valence-electron chi connectivity index (χ2n) is 7.36. The number of rotatable bonds is 4. The first kappa shape index (κ1) is 18.5.